The Balaban J connectivity index is 1.31. The SMILES string of the molecule is COc1cnc2ccc(=O)n(CCN3CCC(NCc4cnc(N)cn4)CC3)c2c1. The van der Waals surface area contributed by atoms with Crippen LogP contribution in [0.15, 0.2) is 41.6 Å². The predicted molar refractivity (Wildman–Crippen MR) is 115 cm³/mol. The Hall–Kier alpha value is -3.04. The molecule has 9 nitrogen and oxygen atoms in total. The fourth-order valence-electron chi connectivity index (χ4n) is 3.80. The van der Waals surface area contributed by atoms with Crippen LogP contribution in [0.5, 0.6) is 5.75 Å². The number of aromatic nitrogens is 4. The monoisotopic (exact) mass is 409 g/mol. The van der Waals surface area contributed by atoms with Crippen molar-refractivity contribution < 1.29 is 4.74 Å². The lowest BCUT2D eigenvalue weighted by Crippen LogP contribution is -2.43. The smallest absolute Gasteiger partial charge is 0.251 e. The van der Waals surface area contributed by atoms with Gasteiger partial charge in [-0.15, -0.1) is 0 Å². The number of likely N-dealkylation sites (tertiary alicyclic amines) is 1. The van der Waals surface area contributed by atoms with Gasteiger partial charge in [0.2, 0.25) is 0 Å². The van der Waals surface area contributed by atoms with Crippen LogP contribution in [0.25, 0.3) is 11.0 Å². The van der Waals surface area contributed by atoms with Gasteiger partial charge in [-0.2, -0.15) is 0 Å². The number of nitrogen functional groups attached to an aromatic ring is 1. The fourth-order valence-corrected chi connectivity index (χ4v) is 3.80. The number of piperidine rings is 1. The number of nitrogens with one attached hydrogen (secondary N) is 1. The first-order valence-corrected chi connectivity index (χ1v) is 10.2. The summed E-state index contributed by atoms with van der Waals surface area (Å²) >= 11 is 0. The summed E-state index contributed by atoms with van der Waals surface area (Å²) < 4.78 is 7.06. The topological polar surface area (TPSA) is 111 Å². The highest BCUT2D eigenvalue weighted by Crippen LogP contribution is 2.17. The van der Waals surface area contributed by atoms with Crippen LogP contribution in [0.2, 0.25) is 0 Å². The van der Waals surface area contributed by atoms with Gasteiger partial charge in [0.25, 0.3) is 5.56 Å². The normalized spacial score (nSPS) is 15.5. The van der Waals surface area contributed by atoms with Crippen LogP contribution in [0.4, 0.5) is 5.82 Å². The number of fused-ring (bicyclic) bond motifs is 1. The minimum absolute atomic E-state index is 0.0151. The molecule has 0 bridgehead atoms. The molecule has 0 spiro atoms. The van der Waals surface area contributed by atoms with Crippen molar-refractivity contribution in [3.63, 3.8) is 0 Å². The van der Waals surface area contributed by atoms with Gasteiger partial charge in [-0.05, 0) is 32.0 Å². The van der Waals surface area contributed by atoms with Gasteiger partial charge >= 0.3 is 0 Å². The quantitative estimate of drug-likeness (QED) is 0.595. The minimum Gasteiger partial charge on any atom is -0.495 e. The minimum atomic E-state index is -0.0151. The zero-order chi connectivity index (χ0) is 20.9. The van der Waals surface area contributed by atoms with E-state index in [1.807, 2.05) is 6.07 Å². The molecule has 9 heteroatoms. The van der Waals surface area contributed by atoms with Gasteiger partial charge in [0.15, 0.2) is 0 Å². The largest absolute Gasteiger partial charge is 0.495 e. The van der Waals surface area contributed by atoms with Gasteiger partial charge in [-0.1, -0.05) is 0 Å². The van der Waals surface area contributed by atoms with E-state index in [9.17, 15) is 4.79 Å². The Labute approximate surface area is 174 Å². The van der Waals surface area contributed by atoms with Crippen LogP contribution >= 0.6 is 0 Å². The molecule has 3 aromatic rings. The molecule has 0 aliphatic carbocycles. The van der Waals surface area contributed by atoms with E-state index in [0.717, 1.165) is 49.2 Å². The maximum absolute atomic E-state index is 12.4. The number of ether oxygens (including phenoxy) is 1. The van der Waals surface area contributed by atoms with Crippen LogP contribution in [-0.4, -0.2) is 57.2 Å². The van der Waals surface area contributed by atoms with E-state index in [-0.39, 0.29) is 5.56 Å². The summed E-state index contributed by atoms with van der Waals surface area (Å²) in [6.45, 7) is 4.13. The van der Waals surface area contributed by atoms with Crippen molar-refractivity contribution in [2.24, 2.45) is 0 Å². The molecule has 0 unspecified atom stereocenters. The van der Waals surface area contributed by atoms with E-state index in [2.05, 4.69) is 25.2 Å². The lowest BCUT2D eigenvalue weighted by Gasteiger charge is -2.32. The second-order valence-corrected chi connectivity index (χ2v) is 7.53. The van der Waals surface area contributed by atoms with Crippen LogP contribution in [0.3, 0.4) is 0 Å². The predicted octanol–water partition coefficient (Wildman–Crippen LogP) is 1.03. The van der Waals surface area contributed by atoms with Crippen molar-refractivity contribution in [1.29, 1.82) is 0 Å². The van der Waals surface area contributed by atoms with Gasteiger partial charge in [0, 0.05) is 37.8 Å². The van der Waals surface area contributed by atoms with Crippen molar-refractivity contribution >= 4 is 16.9 Å². The molecular weight excluding hydrogens is 382 g/mol. The number of methoxy groups -OCH3 is 1. The third-order valence-corrected chi connectivity index (χ3v) is 5.57. The lowest BCUT2D eigenvalue weighted by molar-refractivity contribution is 0.191. The van der Waals surface area contributed by atoms with Crippen LogP contribution in [0, 0.1) is 0 Å². The highest BCUT2D eigenvalue weighted by atomic mass is 16.5. The summed E-state index contributed by atoms with van der Waals surface area (Å²) in [7, 11) is 1.60. The van der Waals surface area contributed by atoms with E-state index in [0.29, 0.717) is 30.7 Å². The highest BCUT2D eigenvalue weighted by molar-refractivity contribution is 5.75. The molecule has 3 N–H and O–H groups in total. The van der Waals surface area contributed by atoms with Gasteiger partial charge < -0.3 is 25.3 Å². The number of pyridine rings is 2. The molecule has 1 saturated heterocycles. The van der Waals surface area contributed by atoms with Crippen molar-refractivity contribution in [1.82, 2.24) is 29.7 Å². The lowest BCUT2D eigenvalue weighted by atomic mass is 10.0. The van der Waals surface area contributed by atoms with Crippen molar-refractivity contribution in [3.8, 4) is 5.75 Å². The summed E-state index contributed by atoms with van der Waals surface area (Å²) in [6.07, 6.45) is 7.08. The number of anilines is 1. The zero-order valence-corrected chi connectivity index (χ0v) is 17.1. The van der Waals surface area contributed by atoms with Gasteiger partial charge in [0.05, 0.1) is 42.4 Å². The summed E-state index contributed by atoms with van der Waals surface area (Å²) in [5.41, 5.74) is 8.06. The molecule has 1 aliphatic heterocycles. The molecule has 1 fully saturated rings. The number of hydrogen-bond donors (Lipinski definition) is 2. The van der Waals surface area contributed by atoms with E-state index in [1.165, 1.54) is 0 Å². The fraction of sp³-hybridized carbons (Fsp3) is 0.429. The Morgan fingerprint density at radius 1 is 1.13 bits per heavy atom. The Morgan fingerprint density at radius 2 is 1.97 bits per heavy atom. The maximum Gasteiger partial charge on any atom is 0.251 e. The molecule has 158 valence electrons. The zero-order valence-electron chi connectivity index (χ0n) is 17.1. The third kappa shape index (κ3) is 4.74. The van der Waals surface area contributed by atoms with E-state index in [4.69, 9.17) is 10.5 Å². The molecule has 3 aromatic heterocycles. The first-order valence-electron chi connectivity index (χ1n) is 10.2. The molecule has 0 radical (unpaired) electrons. The van der Waals surface area contributed by atoms with E-state index in [1.54, 1.807) is 42.4 Å². The van der Waals surface area contributed by atoms with Gasteiger partial charge in [0.1, 0.15) is 11.6 Å². The standard InChI is InChI=1S/C21H27N7O2/c1-30-17-10-19-18(25-13-17)2-3-21(29)28(19)9-8-27-6-4-15(5-7-27)23-11-16-12-26-20(22)14-24-16/h2-3,10,12-15,23H,4-9,11H2,1H3,(H2,22,26). The molecule has 30 heavy (non-hydrogen) atoms. The van der Waals surface area contributed by atoms with Crippen molar-refractivity contribution in [2.75, 3.05) is 32.5 Å². The van der Waals surface area contributed by atoms with Crippen LogP contribution < -0.4 is 21.3 Å². The Morgan fingerprint density at radius 3 is 2.70 bits per heavy atom. The Bertz CT molecular complexity index is 1040. The second-order valence-electron chi connectivity index (χ2n) is 7.53. The van der Waals surface area contributed by atoms with Gasteiger partial charge in [-0.25, -0.2) is 4.98 Å². The van der Waals surface area contributed by atoms with Gasteiger partial charge in [-0.3, -0.25) is 14.8 Å². The maximum atomic E-state index is 12.4. The number of hydrogen-bond acceptors (Lipinski definition) is 8. The highest BCUT2D eigenvalue weighted by Gasteiger charge is 2.19. The molecular formula is C21H27N7O2. The second kappa shape index (κ2) is 9.19. The number of nitrogens with zero attached hydrogens (tertiary/aromatic N) is 5. The molecule has 0 saturated carbocycles. The summed E-state index contributed by atoms with van der Waals surface area (Å²) in [5.74, 6) is 1.09. The number of rotatable bonds is 7. The molecule has 0 amide bonds. The molecule has 4 heterocycles. The van der Waals surface area contributed by atoms with Crippen molar-refractivity contribution in [3.05, 3.63) is 52.8 Å². The van der Waals surface area contributed by atoms with Crippen LogP contribution in [-0.2, 0) is 13.1 Å². The first-order chi connectivity index (χ1) is 14.6. The molecule has 0 aromatic carbocycles. The average Bonchev–Trinajstić information content (AvgIpc) is 2.78. The van der Waals surface area contributed by atoms with Crippen LogP contribution in [0.1, 0.15) is 18.5 Å². The molecule has 4 rings (SSSR count). The van der Waals surface area contributed by atoms with Crippen molar-refractivity contribution in [2.45, 2.75) is 32.0 Å². The molecule has 1 aliphatic rings. The molecule has 0 atom stereocenters. The van der Waals surface area contributed by atoms with E-state index >= 15 is 0 Å². The Kier molecular flexibility index (Phi) is 6.20. The third-order valence-electron chi connectivity index (χ3n) is 5.57. The average molecular weight is 409 g/mol. The van der Waals surface area contributed by atoms with E-state index < -0.39 is 0 Å². The summed E-state index contributed by atoms with van der Waals surface area (Å²) in [6, 6.07) is 5.67. The first kappa shape index (κ1) is 20.2. The summed E-state index contributed by atoms with van der Waals surface area (Å²) in [4.78, 5) is 27.6. The summed E-state index contributed by atoms with van der Waals surface area (Å²) in [5, 5.41) is 3.55. The number of nitrogens with two attached hydrogens (primary N) is 1.